The lowest BCUT2D eigenvalue weighted by atomic mass is 10.2. The molecule has 0 aliphatic heterocycles. The molecule has 1 heterocycles. The number of ether oxygens (including phenoxy) is 1. The summed E-state index contributed by atoms with van der Waals surface area (Å²) in [7, 11) is 0. The van der Waals surface area contributed by atoms with Crippen molar-refractivity contribution >= 4 is 11.6 Å². The summed E-state index contributed by atoms with van der Waals surface area (Å²) in [6.45, 7) is 2.39. The number of para-hydroxylation sites is 2. The minimum absolute atomic E-state index is 0.0978. The van der Waals surface area contributed by atoms with E-state index in [4.69, 9.17) is 9.15 Å². The maximum absolute atomic E-state index is 12.7. The number of likely N-dealkylation sites (N-methyl/N-ethyl adjacent to an activating group) is 1. The minimum atomic E-state index is -0.131. The lowest BCUT2D eigenvalue weighted by Crippen LogP contribution is -2.34. The zero-order valence-corrected chi connectivity index (χ0v) is 16.6. The Morgan fingerprint density at radius 1 is 0.867 bits per heavy atom. The lowest BCUT2D eigenvalue weighted by Gasteiger charge is -2.21. The van der Waals surface area contributed by atoms with Crippen LogP contribution in [-0.4, -0.2) is 29.3 Å². The van der Waals surface area contributed by atoms with Crippen LogP contribution < -0.4 is 9.64 Å². The van der Waals surface area contributed by atoms with Crippen LogP contribution in [0.5, 0.6) is 5.75 Å². The second kappa shape index (κ2) is 9.05. The predicted molar refractivity (Wildman–Crippen MR) is 115 cm³/mol. The first-order chi connectivity index (χ1) is 14.8. The molecule has 0 atom stereocenters. The molecule has 4 aromatic rings. The quantitative estimate of drug-likeness (QED) is 0.445. The smallest absolute Gasteiger partial charge is 0.264 e. The predicted octanol–water partition coefficient (Wildman–Crippen LogP) is 4.84. The van der Waals surface area contributed by atoms with E-state index in [9.17, 15) is 4.79 Å². The molecule has 0 spiro atoms. The normalized spacial score (nSPS) is 10.6. The molecule has 1 amide bonds. The largest absolute Gasteiger partial charge is 0.483 e. The maximum atomic E-state index is 12.7. The molecule has 0 unspecified atom stereocenters. The van der Waals surface area contributed by atoms with Gasteiger partial charge in [-0.05, 0) is 43.3 Å². The standard InChI is InChI=1S/C24H21N3O3/c1-2-27(19-13-7-4-8-14-19)22(28)17-29-21-16-10-9-15-20(21)24-26-25-23(30-24)18-11-5-3-6-12-18/h3-16H,2,17H2,1H3. The van der Waals surface area contributed by atoms with Crippen molar-refractivity contribution in [3.63, 3.8) is 0 Å². The number of amides is 1. The van der Waals surface area contributed by atoms with Crippen LogP contribution in [0.4, 0.5) is 5.69 Å². The Balaban J connectivity index is 1.52. The SMILES string of the molecule is CCN(C(=O)COc1ccccc1-c1nnc(-c2ccccc2)o1)c1ccccc1. The summed E-state index contributed by atoms with van der Waals surface area (Å²) in [6.07, 6.45) is 0. The van der Waals surface area contributed by atoms with Crippen LogP contribution in [-0.2, 0) is 4.79 Å². The summed E-state index contributed by atoms with van der Waals surface area (Å²) >= 11 is 0. The van der Waals surface area contributed by atoms with Crippen LogP contribution >= 0.6 is 0 Å². The molecule has 0 aliphatic rings. The third-order valence-corrected chi connectivity index (χ3v) is 4.60. The number of benzene rings is 3. The molecule has 0 N–H and O–H groups in total. The Morgan fingerprint density at radius 2 is 1.50 bits per heavy atom. The van der Waals surface area contributed by atoms with Crippen molar-refractivity contribution in [2.24, 2.45) is 0 Å². The zero-order valence-electron chi connectivity index (χ0n) is 16.6. The van der Waals surface area contributed by atoms with Crippen molar-refractivity contribution < 1.29 is 13.9 Å². The van der Waals surface area contributed by atoms with Crippen molar-refractivity contribution in [3.8, 4) is 28.7 Å². The molecular formula is C24H21N3O3. The van der Waals surface area contributed by atoms with Crippen molar-refractivity contribution in [3.05, 3.63) is 84.9 Å². The molecule has 0 fully saturated rings. The number of hydrogen-bond donors (Lipinski definition) is 0. The molecule has 0 bridgehead atoms. The van der Waals surface area contributed by atoms with E-state index in [2.05, 4.69) is 10.2 Å². The highest BCUT2D eigenvalue weighted by Gasteiger charge is 2.18. The number of hydrogen-bond acceptors (Lipinski definition) is 5. The van der Waals surface area contributed by atoms with E-state index in [-0.39, 0.29) is 12.5 Å². The number of carbonyl (C=O) groups is 1. The molecule has 0 aliphatic carbocycles. The fourth-order valence-electron chi connectivity index (χ4n) is 3.13. The molecule has 4 rings (SSSR count). The van der Waals surface area contributed by atoms with E-state index >= 15 is 0 Å². The Hall–Kier alpha value is -3.93. The molecule has 6 nitrogen and oxygen atoms in total. The van der Waals surface area contributed by atoms with Gasteiger partial charge in [0.1, 0.15) is 5.75 Å². The summed E-state index contributed by atoms with van der Waals surface area (Å²) in [4.78, 5) is 14.4. The molecular weight excluding hydrogens is 378 g/mol. The molecule has 3 aromatic carbocycles. The van der Waals surface area contributed by atoms with Gasteiger partial charge in [-0.3, -0.25) is 4.79 Å². The zero-order chi connectivity index (χ0) is 20.8. The van der Waals surface area contributed by atoms with Crippen LogP contribution in [0.2, 0.25) is 0 Å². The van der Waals surface area contributed by atoms with Crippen LogP contribution in [0.1, 0.15) is 6.92 Å². The van der Waals surface area contributed by atoms with Crippen LogP contribution in [0.3, 0.4) is 0 Å². The number of aromatic nitrogens is 2. The van der Waals surface area contributed by atoms with Crippen LogP contribution in [0.15, 0.2) is 89.3 Å². The fourth-order valence-corrected chi connectivity index (χ4v) is 3.13. The highest BCUT2D eigenvalue weighted by atomic mass is 16.5. The number of carbonyl (C=O) groups excluding carboxylic acids is 1. The van der Waals surface area contributed by atoms with E-state index in [0.717, 1.165) is 11.3 Å². The van der Waals surface area contributed by atoms with E-state index in [0.29, 0.717) is 29.6 Å². The fraction of sp³-hybridized carbons (Fsp3) is 0.125. The highest BCUT2D eigenvalue weighted by Crippen LogP contribution is 2.31. The van der Waals surface area contributed by atoms with E-state index in [1.165, 1.54) is 0 Å². The van der Waals surface area contributed by atoms with Gasteiger partial charge in [-0.15, -0.1) is 10.2 Å². The Kier molecular flexibility index (Phi) is 5.85. The maximum Gasteiger partial charge on any atom is 0.264 e. The van der Waals surface area contributed by atoms with Gasteiger partial charge in [0.2, 0.25) is 5.89 Å². The van der Waals surface area contributed by atoms with Crippen molar-refractivity contribution in [2.45, 2.75) is 6.92 Å². The van der Waals surface area contributed by atoms with Crippen LogP contribution in [0, 0.1) is 0 Å². The molecule has 150 valence electrons. The second-order valence-corrected chi connectivity index (χ2v) is 6.54. The topological polar surface area (TPSA) is 68.5 Å². The van der Waals surface area contributed by atoms with Crippen molar-refractivity contribution in [2.75, 3.05) is 18.1 Å². The number of rotatable bonds is 7. The molecule has 0 saturated carbocycles. The van der Waals surface area contributed by atoms with Gasteiger partial charge in [-0.2, -0.15) is 0 Å². The molecule has 30 heavy (non-hydrogen) atoms. The van der Waals surface area contributed by atoms with E-state index in [1.807, 2.05) is 85.8 Å². The van der Waals surface area contributed by atoms with Gasteiger partial charge < -0.3 is 14.1 Å². The Morgan fingerprint density at radius 3 is 2.23 bits per heavy atom. The van der Waals surface area contributed by atoms with Crippen LogP contribution in [0.25, 0.3) is 22.9 Å². The van der Waals surface area contributed by atoms with Crippen molar-refractivity contribution in [1.82, 2.24) is 10.2 Å². The number of nitrogens with zero attached hydrogens (tertiary/aromatic N) is 3. The van der Waals surface area contributed by atoms with Gasteiger partial charge in [0, 0.05) is 17.8 Å². The second-order valence-electron chi connectivity index (χ2n) is 6.54. The summed E-state index contributed by atoms with van der Waals surface area (Å²) in [6, 6.07) is 26.4. The molecule has 0 radical (unpaired) electrons. The Labute approximate surface area is 174 Å². The highest BCUT2D eigenvalue weighted by molar-refractivity contribution is 5.94. The van der Waals surface area contributed by atoms with Gasteiger partial charge in [0.05, 0.1) is 5.56 Å². The summed E-state index contributed by atoms with van der Waals surface area (Å²) < 4.78 is 11.7. The van der Waals surface area contributed by atoms with Gasteiger partial charge in [-0.1, -0.05) is 48.5 Å². The van der Waals surface area contributed by atoms with E-state index in [1.54, 1.807) is 11.0 Å². The summed E-state index contributed by atoms with van der Waals surface area (Å²) in [5, 5.41) is 8.29. The molecule has 0 saturated heterocycles. The van der Waals surface area contributed by atoms with Gasteiger partial charge in [0.15, 0.2) is 6.61 Å². The monoisotopic (exact) mass is 399 g/mol. The lowest BCUT2D eigenvalue weighted by molar-refractivity contribution is -0.120. The molecule has 6 heteroatoms. The number of anilines is 1. The molecule has 1 aromatic heterocycles. The van der Waals surface area contributed by atoms with E-state index < -0.39 is 0 Å². The Bertz CT molecular complexity index is 1110. The average molecular weight is 399 g/mol. The third-order valence-electron chi connectivity index (χ3n) is 4.60. The average Bonchev–Trinajstić information content (AvgIpc) is 3.30. The van der Waals surface area contributed by atoms with Gasteiger partial charge in [-0.25, -0.2) is 0 Å². The first kappa shape index (κ1) is 19.4. The first-order valence-electron chi connectivity index (χ1n) is 9.73. The van der Waals surface area contributed by atoms with Gasteiger partial charge in [0.25, 0.3) is 11.8 Å². The van der Waals surface area contributed by atoms with Gasteiger partial charge >= 0.3 is 0 Å². The third kappa shape index (κ3) is 4.22. The van der Waals surface area contributed by atoms with Crippen molar-refractivity contribution in [1.29, 1.82) is 0 Å². The minimum Gasteiger partial charge on any atom is -0.483 e. The summed E-state index contributed by atoms with van der Waals surface area (Å²) in [5.74, 6) is 1.15. The first-order valence-corrected chi connectivity index (χ1v) is 9.73. The summed E-state index contributed by atoms with van der Waals surface area (Å²) in [5.41, 5.74) is 2.32.